The third kappa shape index (κ3) is 2.57. The first kappa shape index (κ1) is 12.3. The molecule has 1 fully saturated rings. The maximum absolute atomic E-state index is 12.0. The number of carbonyl (C=O) groups is 2. The van der Waals surface area contributed by atoms with E-state index in [1.807, 2.05) is 19.1 Å². The summed E-state index contributed by atoms with van der Waals surface area (Å²) in [5.74, 6) is -0.464. The van der Waals surface area contributed by atoms with E-state index in [0.717, 1.165) is 12.8 Å². The van der Waals surface area contributed by atoms with Gasteiger partial charge in [0.1, 0.15) is 6.04 Å². The molecule has 2 unspecified atom stereocenters. The van der Waals surface area contributed by atoms with Gasteiger partial charge in [-0.15, -0.1) is 11.8 Å². The van der Waals surface area contributed by atoms with Crippen molar-refractivity contribution < 1.29 is 14.7 Å². The van der Waals surface area contributed by atoms with Crippen LogP contribution in [0.25, 0.3) is 0 Å². The third-order valence-corrected chi connectivity index (χ3v) is 4.30. The molecule has 0 radical (unpaired) electrons. The summed E-state index contributed by atoms with van der Waals surface area (Å²) in [6, 6.07) is -0.845. The van der Waals surface area contributed by atoms with E-state index in [1.165, 1.54) is 16.7 Å². The topological polar surface area (TPSA) is 69.6 Å². The van der Waals surface area contributed by atoms with E-state index < -0.39 is 12.0 Å². The van der Waals surface area contributed by atoms with Crippen LogP contribution in [0, 0.1) is 0 Å². The summed E-state index contributed by atoms with van der Waals surface area (Å²) >= 11 is 1.50. The van der Waals surface area contributed by atoms with Crippen LogP contribution in [-0.2, 0) is 4.79 Å². The lowest BCUT2D eigenvalue weighted by Crippen LogP contribution is -2.51. The van der Waals surface area contributed by atoms with Gasteiger partial charge in [0.05, 0.1) is 5.37 Å². The van der Waals surface area contributed by atoms with Crippen molar-refractivity contribution in [2.45, 2.75) is 37.2 Å². The Hall–Kier alpha value is -1.17. The molecule has 2 atom stereocenters. The van der Waals surface area contributed by atoms with Crippen LogP contribution in [-0.4, -0.2) is 45.2 Å². The van der Waals surface area contributed by atoms with Gasteiger partial charge in [0.2, 0.25) is 0 Å². The summed E-state index contributed by atoms with van der Waals surface area (Å²) in [6.07, 6.45) is 5.72. The Labute approximate surface area is 104 Å². The van der Waals surface area contributed by atoms with Gasteiger partial charge < -0.3 is 10.4 Å². The van der Waals surface area contributed by atoms with E-state index in [0.29, 0.717) is 5.75 Å². The number of aliphatic carboxylic acids is 1. The van der Waals surface area contributed by atoms with E-state index in [1.54, 1.807) is 0 Å². The quantitative estimate of drug-likeness (QED) is 0.730. The van der Waals surface area contributed by atoms with Crippen LogP contribution in [0.4, 0.5) is 4.79 Å². The zero-order valence-electron chi connectivity index (χ0n) is 9.63. The maximum atomic E-state index is 12.0. The van der Waals surface area contributed by atoms with Crippen molar-refractivity contribution in [1.82, 2.24) is 10.2 Å². The second kappa shape index (κ2) is 5.00. The number of carbonyl (C=O) groups excluding carboxylic acids is 1. The average Bonchev–Trinajstić information content (AvgIpc) is 2.86. The highest BCUT2D eigenvalue weighted by atomic mass is 32.2. The predicted octanol–water partition coefficient (Wildman–Crippen LogP) is 1.26. The summed E-state index contributed by atoms with van der Waals surface area (Å²) in [4.78, 5) is 24.5. The van der Waals surface area contributed by atoms with Gasteiger partial charge in [-0.05, 0) is 19.8 Å². The van der Waals surface area contributed by atoms with E-state index in [-0.39, 0.29) is 17.4 Å². The van der Waals surface area contributed by atoms with Gasteiger partial charge in [0.25, 0.3) is 0 Å². The molecule has 0 aromatic carbocycles. The fraction of sp³-hybridized carbons (Fsp3) is 0.636. The van der Waals surface area contributed by atoms with E-state index in [9.17, 15) is 9.59 Å². The molecule has 0 bridgehead atoms. The molecule has 2 rings (SSSR count). The highest BCUT2D eigenvalue weighted by molar-refractivity contribution is 8.00. The monoisotopic (exact) mass is 256 g/mol. The maximum Gasteiger partial charge on any atom is 0.327 e. The average molecular weight is 256 g/mol. The number of amides is 2. The number of urea groups is 1. The summed E-state index contributed by atoms with van der Waals surface area (Å²) < 4.78 is 0. The van der Waals surface area contributed by atoms with E-state index in [2.05, 4.69) is 5.32 Å². The van der Waals surface area contributed by atoms with Crippen LogP contribution >= 0.6 is 11.8 Å². The van der Waals surface area contributed by atoms with Crippen molar-refractivity contribution in [3.8, 4) is 0 Å². The van der Waals surface area contributed by atoms with Crippen molar-refractivity contribution in [3.63, 3.8) is 0 Å². The largest absolute Gasteiger partial charge is 0.480 e. The molecule has 2 aliphatic rings. The zero-order valence-corrected chi connectivity index (χ0v) is 10.4. The second-order valence-electron chi connectivity index (χ2n) is 4.28. The summed E-state index contributed by atoms with van der Waals surface area (Å²) in [7, 11) is 0. The number of thioether (sulfide) groups is 1. The Morgan fingerprint density at radius 3 is 2.65 bits per heavy atom. The summed E-state index contributed by atoms with van der Waals surface area (Å²) in [5.41, 5.74) is 0. The Balaban J connectivity index is 1.98. The van der Waals surface area contributed by atoms with Gasteiger partial charge in [-0.25, -0.2) is 9.59 Å². The molecule has 1 saturated heterocycles. The third-order valence-electron chi connectivity index (χ3n) is 3.08. The number of nitrogens with zero attached hydrogens (tertiary/aromatic N) is 1. The molecular formula is C11H16N2O3S. The molecule has 5 nitrogen and oxygen atoms in total. The van der Waals surface area contributed by atoms with Gasteiger partial charge >= 0.3 is 12.0 Å². The van der Waals surface area contributed by atoms with Gasteiger partial charge in [0.15, 0.2) is 0 Å². The minimum absolute atomic E-state index is 0.0783. The second-order valence-corrected chi connectivity index (χ2v) is 5.63. The first-order valence-electron chi connectivity index (χ1n) is 5.68. The van der Waals surface area contributed by atoms with Gasteiger partial charge in [-0.2, -0.15) is 0 Å². The molecule has 0 aromatic rings. The minimum atomic E-state index is -0.929. The molecule has 6 heteroatoms. The molecule has 17 heavy (non-hydrogen) atoms. The van der Waals surface area contributed by atoms with Gasteiger partial charge in [-0.1, -0.05) is 12.2 Å². The SMILES string of the molecule is CC1SCC(C(=O)O)N1C(=O)NC1CC=CC1. The first-order chi connectivity index (χ1) is 8.09. The molecular weight excluding hydrogens is 240 g/mol. The van der Waals surface area contributed by atoms with E-state index >= 15 is 0 Å². The Morgan fingerprint density at radius 2 is 2.06 bits per heavy atom. The molecule has 2 N–H and O–H groups in total. The lowest BCUT2D eigenvalue weighted by atomic mass is 10.2. The fourth-order valence-electron chi connectivity index (χ4n) is 2.13. The van der Waals surface area contributed by atoms with Crippen molar-refractivity contribution >= 4 is 23.8 Å². The Bertz CT molecular complexity index is 351. The minimum Gasteiger partial charge on any atom is -0.480 e. The molecule has 0 saturated carbocycles. The van der Waals surface area contributed by atoms with Crippen LogP contribution in [0.1, 0.15) is 19.8 Å². The lowest BCUT2D eigenvalue weighted by Gasteiger charge is -2.27. The first-order valence-corrected chi connectivity index (χ1v) is 6.72. The predicted molar refractivity (Wildman–Crippen MR) is 65.9 cm³/mol. The number of rotatable bonds is 2. The molecule has 0 aromatic heterocycles. The lowest BCUT2D eigenvalue weighted by molar-refractivity contribution is -0.141. The number of carboxylic acid groups (broad SMARTS) is 1. The highest BCUT2D eigenvalue weighted by Gasteiger charge is 2.39. The summed E-state index contributed by atoms with van der Waals surface area (Å²) in [5, 5.41) is 11.9. The molecule has 0 spiro atoms. The van der Waals surface area contributed by atoms with Crippen LogP contribution in [0.5, 0.6) is 0 Å². The Morgan fingerprint density at radius 1 is 1.41 bits per heavy atom. The van der Waals surface area contributed by atoms with Crippen molar-refractivity contribution in [1.29, 1.82) is 0 Å². The zero-order chi connectivity index (χ0) is 12.4. The van der Waals surface area contributed by atoms with Crippen LogP contribution < -0.4 is 5.32 Å². The van der Waals surface area contributed by atoms with Crippen LogP contribution in [0.3, 0.4) is 0 Å². The van der Waals surface area contributed by atoms with E-state index in [4.69, 9.17) is 5.11 Å². The number of hydrogen-bond acceptors (Lipinski definition) is 3. The van der Waals surface area contributed by atoms with Crippen LogP contribution in [0.15, 0.2) is 12.2 Å². The van der Waals surface area contributed by atoms with Crippen molar-refractivity contribution in [2.24, 2.45) is 0 Å². The number of nitrogens with one attached hydrogen (secondary N) is 1. The normalized spacial score (nSPS) is 28.6. The molecule has 1 aliphatic heterocycles. The fourth-order valence-corrected chi connectivity index (χ4v) is 3.29. The van der Waals surface area contributed by atoms with Crippen LogP contribution in [0.2, 0.25) is 0 Å². The number of carboxylic acids is 1. The van der Waals surface area contributed by atoms with Crippen molar-refractivity contribution in [2.75, 3.05) is 5.75 Å². The van der Waals surface area contributed by atoms with Gasteiger partial charge in [-0.3, -0.25) is 4.90 Å². The van der Waals surface area contributed by atoms with Gasteiger partial charge in [0, 0.05) is 11.8 Å². The number of hydrogen-bond donors (Lipinski definition) is 2. The molecule has 1 heterocycles. The smallest absolute Gasteiger partial charge is 0.327 e. The molecule has 1 aliphatic carbocycles. The summed E-state index contributed by atoms with van der Waals surface area (Å²) in [6.45, 7) is 1.86. The standard InChI is InChI=1S/C11H16N2O3S/c1-7-13(9(6-17-7)10(14)15)11(16)12-8-4-2-3-5-8/h2-3,7-9H,4-6H2,1H3,(H,12,16)(H,14,15). The highest BCUT2D eigenvalue weighted by Crippen LogP contribution is 2.29. The Kier molecular flexibility index (Phi) is 3.61. The van der Waals surface area contributed by atoms with Crippen molar-refractivity contribution in [3.05, 3.63) is 12.2 Å². The molecule has 2 amide bonds. The molecule has 94 valence electrons.